The third kappa shape index (κ3) is 2.55. The summed E-state index contributed by atoms with van der Waals surface area (Å²) in [4.78, 5) is 11.6. The highest BCUT2D eigenvalue weighted by molar-refractivity contribution is 7.10. The molecule has 0 amide bonds. The van der Waals surface area contributed by atoms with Crippen molar-refractivity contribution < 1.29 is 15.0 Å². The van der Waals surface area contributed by atoms with Crippen molar-refractivity contribution in [2.75, 3.05) is 0 Å². The van der Waals surface area contributed by atoms with E-state index in [2.05, 4.69) is 6.92 Å². The molecular weight excluding hydrogens is 260 g/mol. The Bertz CT molecular complexity index is 582. The first-order chi connectivity index (χ1) is 8.96. The van der Waals surface area contributed by atoms with Crippen LogP contribution in [0.1, 0.15) is 40.2 Å². The highest BCUT2D eigenvalue weighted by Crippen LogP contribution is 2.35. The van der Waals surface area contributed by atoms with Crippen molar-refractivity contribution in [2.24, 2.45) is 0 Å². The molecule has 1 atom stereocenters. The van der Waals surface area contributed by atoms with E-state index in [1.165, 1.54) is 23.0 Å². The Morgan fingerprint density at radius 1 is 1.26 bits per heavy atom. The average molecular weight is 276 g/mol. The van der Waals surface area contributed by atoms with Crippen molar-refractivity contribution >= 4 is 17.3 Å². The zero-order valence-electron chi connectivity index (χ0n) is 10.9. The predicted octanol–water partition coefficient (Wildman–Crippen LogP) is 3.26. The van der Waals surface area contributed by atoms with Crippen LogP contribution in [-0.2, 0) is 12.0 Å². The smallest absolute Gasteiger partial charge is 0.336 e. The Hall–Kier alpha value is -1.65. The summed E-state index contributed by atoms with van der Waals surface area (Å²) in [5.41, 5.74) is 0.766. The van der Waals surface area contributed by atoms with Crippen LogP contribution in [-0.4, -0.2) is 16.2 Å². The Balaban J connectivity index is 2.45. The molecule has 0 bridgehead atoms. The maximum absolute atomic E-state index is 11.2. The molecule has 0 saturated carbocycles. The molecule has 1 aromatic heterocycles. The summed E-state index contributed by atoms with van der Waals surface area (Å²) in [5, 5.41) is 21.5. The predicted molar refractivity (Wildman–Crippen MR) is 75.8 cm³/mol. The SMILES string of the molecule is CCc1ccc(C(C)(O)c2sccc2C(=O)O)cc1. The summed E-state index contributed by atoms with van der Waals surface area (Å²) >= 11 is 1.26. The summed E-state index contributed by atoms with van der Waals surface area (Å²) in [6.07, 6.45) is 0.932. The molecule has 1 unspecified atom stereocenters. The number of carboxylic acid groups (broad SMARTS) is 1. The van der Waals surface area contributed by atoms with E-state index in [-0.39, 0.29) is 5.56 Å². The highest BCUT2D eigenvalue weighted by Gasteiger charge is 2.31. The number of carboxylic acids is 1. The minimum Gasteiger partial charge on any atom is -0.478 e. The van der Waals surface area contributed by atoms with Crippen molar-refractivity contribution in [3.05, 3.63) is 57.3 Å². The molecule has 2 N–H and O–H groups in total. The summed E-state index contributed by atoms with van der Waals surface area (Å²) in [5.74, 6) is -1.01. The molecule has 1 aromatic carbocycles. The summed E-state index contributed by atoms with van der Waals surface area (Å²) < 4.78 is 0. The van der Waals surface area contributed by atoms with E-state index in [9.17, 15) is 9.90 Å². The first-order valence-electron chi connectivity index (χ1n) is 6.10. The van der Waals surface area contributed by atoms with Crippen molar-refractivity contribution in [3.63, 3.8) is 0 Å². The molecule has 19 heavy (non-hydrogen) atoms. The van der Waals surface area contributed by atoms with Gasteiger partial charge in [-0.3, -0.25) is 0 Å². The van der Waals surface area contributed by atoms with E-state index in [1.807, 2.05) is 24.3 Å². The fourth-order valence-electron chi connectivity index (χ4n) is 2.05. The van der Waals surface area contributed by atoms with Gasteiger partial charge in [-0.15, -0.1) is 11.3 Å². The zero-order valence-corrected chi connectivity index (χ0v) is 11.7. The van der Waals surface area contributed by atoms with Crippen LogP contribution in [0.3, 0.4) is 0 Å². The van der Waals surface area contributed by atoms with E-state index in [4.69, 9.17) is 5.11 Å². The first kappa shape index (κ1) is 13.8. The fourth-order valence-corrected chi connectivity index (χ4v) is 3.02. The molecule has 0 saturated heterocycles. The number of aryl methyl sites for hydroxylation is 1. The van der Waals surface area contributed by atoms with Gasteiger partial charge in [0.15, 0.2) is 0 Å². The van der Waals surface area contributed by atoms with Gasteiger partial charge in [0, 0.05) is 0 Å². The van der Waals surface area contributed by atoms with Crippen molar-refractivity contribution in [1.82, 2.24) is 0 Å². The van der Waals surface area contributed by atoms with Gasteiger partial charge < -0.3 is 10.2 Å². The van der Waals surface area contributed by atoms with Gasteiger partial charge in [-0.1, -0.05) is 31.2 Å². The average Bonchev–Trinajstić information content (AvgIpc) is 2.89. The molecule has 1 heterocycles. The van der Waals surface area contributed by atoms with E-state index in [1.54, 1.807) is 12.3 Å². The summed E-state index contributed by atoms with van der Waals surface area (Å²) in [7, 11) is 0. The second kappa shape index (κ2) is 5.15. The van der Waals surface area contributed by atoms with E-state index in [0.717, 1.165) is 6.42 Å². The lowest BCUT2D eigenvalue weighted by Crippen LogP contribution is -2.23. The Morgan fingerprint density at radius 3 is 2.42 bits per heavy atom. The number of hydrogen-bond donors (Lipinski definition) is 2. The van der Waals surface area contributed by atoms with Gasteiger partial charge in [-0.05, 0) is 35.9 Å². The van der Waals surface area contributed by atoms with E-state index < -0.39 is 11.6 Å². The monoisotopic (exact) mass is 276 g/mol. The van der Waals surface area contributed by atoms with Crippen LogP contribution in [0.25, 0.3) is 0 Å². The molecule has 4 heteroatoms. The van der Waals surface area contributed by atoms with Crippen LogP contribution in [0.2, 0.25) is 0 Å². The summed E-state index contributed by atoms with van der Waals surface area (Å²) in [6, 6.07) is 9.14. The van der Waals surface area contributed by atoms with Crippen molar-refractivity contribution in [2.45, 2.75) is 25.9 Å². The molecule has 0 radical (unpaired) electrons. The minimum absolute atomic E-state index is 0.162. The molecule has 2 aromatic rings. The third-order valence-electron chi connectivity index (χ3n) is 3.26. The molecule has 100 valence electrons. The number of benzene rings is 1. The fraction of sp³-hybridized carbons (Fsp3) is 0.267. The van der Waals surface area contributed by atoms with Gasteiger partial charge in [0.2, 0.25) is 0 Å². The van der Waals surface area contributed by atoms with Crippen LogP contribution >= 0.6 is 11.3 Å². The Morgan fingerprint density at radius 2 is 1.89 bits per heavy atom. The van der Waals surface area contributed by atoms with Gasteiger partial charge in [0.1, 0.15) is 5.60 Å². The maximum Gasteiger partial charge on any atom is 0.336 e. The number of hydrogen-bond acceptors (Lipinski definition) is 3. The standard InChI is InChI=1S/C15H16O3S/c1-3-10-4-6-11(7-5-10)15(2,18)13-12(14(16)17)8-9-19-13/h4-9,18H,3H2,1-2H3,(H,16,17). The topological polar surface area (TPSA) is 57.5 Å². The zero-order chi connectivity index (χ0) is 14.0. The molecule has 0 aliphatic rings. The molecule has 2 rings (SSSR count). The molecular formula is C15H16O3S. The second-order valence-electron chi connectivity index (χ2n) is 4.59. The largest absolute Gasteiger partial charge is 0.478 e. The Labute approximate surface area is 116 Å². The Kier molecular flexibility index (Phi) is 3.73. The minimum atomic E-state index is -1.28. The molecule has 0 spiro atoms. The number of thiophene rings is 1. The first-order valence-corrected chi connectivity index (χ1v) is 6.97. The lowest BCUT2D eigenvalue weighted by molar-refractivity contribution is 0.0674. The number of aliphatic hydroxyl groups is 1. The van der Waals surface area contributed by atoms with Crippen molar-refractivity contribution in [3.8, 4) is 0 Å². The van der Waals surface area contributed by atoms with Crippen molar-refractivity contribution in [1.29, 1.82) is 0 Å². The summed E-state index contributed by atoms with van der Waals surface area (Å²) in [6.45, 7) is 3.70. The van der Waals surface area contributed by atoms with Gasteiger partial charge >= 0.3 is 5.97 Å². The molecule has 0 fully saturated rings. The van der Waals surface area contributed by atoms with Gasteiger partial charge in [0.25, 0.3) is 0 Å². The van der Waals surface area contributed by atoms with Gasteiger partial charge in [-0.25, -0.2) is 4.79 Å². The van der Waals surface area contributed by atoms with Crippen LogP contribution in [0.5, 0.6) is 0 Å². The second-order valence-corrected chi connectivity index (χ2v) is 5.51. The van der Waals surface area contributed by atoms with E-state index >= 15 is 0 Å². The normalized spacial score (nSPS) is 14.1. The third-order valence-corrected chi connectivity index (χ3v) is 4.39. The van der Waals surface area contributed by atoms with Crippen LogP contribution in [0, 0.1) is 0 Å². The van der Waals surface area contributed by atoms with Crippen LogP contribution < -0.4 is 0 Å². The van der Waals surface area contributed by atoms with Gasteiger partial charge in [0.05, 0.1) is 10.4 Å². The molecule has 3 nitrogen and oxygen atoms in total. The molecule has 0 aliphatic carbocycles. The number of aromatic carboxylic acids is 1. The number of carbonyl (C=O) groups is 1. The lowest BCUT2D eigenvalue weighted by atomic mass is 9.91. The lowest BCUT2D eigenvalue weighted by Gasteiger charge is -2.23. The van der Waals surface area contributed by atoms with Crippen LogP contribution in [0.15, 0.2) is 35.7 Å². The quantitative estimate of drug-likeness (QED) is 0.901. The van der Waals surface area contributed by atoms with E-state index in [0.29, 0.717) is 10.4 Å². The van der Waals surface area contributed by atoms with Crippen LogP contribution in [0.4, 0.5) is 0 Å². The highest BCUT2D eigenvalue weighted by atomic mass is 32.1. The molecule has 0 aliphatic heterocycles. The maximum atomic E-state index is 11.2. The number of rotatable bonds is 4. The van der Waals surface area contributed by atoms with Gasteiger partial charge in [-0.2, -0.15) is 0 Å².